The van der Waals surface area contributed by atoms with Crippen molar-refractivity contribution in [2.24, 2.45) is 7.05 Å². The number of hydrogen-bond donors (Lipinski definition) is 1. The van der Waals surface area contributed by atoms with Crippen molar-refractivity contribution in [3.05, 3.63) is 87.1 Å². The van der Waals surface area contributed by atoms with Crippen molar-refractivity contribution in [2.45, 2.75) is 38.3 Å². The van der Waals surface area contributed by atoms with E-state index in [9.17, 15) is 14.0 Å². The van der Waals surface area contributed by atoms with E-state index in [1.807, 2.05) is 38.1 Å². The molecule has 3 aromatic rings. The number of halogens is 1. The molecule has 7 heteroatoms. The van der Waals surface area contributed by atoms with Crippen LogP contribution >= 0.6 is 11.8 Å². The maximum absolute atomic E-state index is 13.1. The van der Waals surface area contributed by atoms with Crippen LogP contribution < -0.4 is 10.9 Å². The molecule has 1 amide bonds. The SMILES string of the molecule is Cc1ccc(NC(=O)CCCSc2nc(C)c(Cc3ccc(F)cc3)c(=O)n2C)cc1. The lowest BCUT2D eigenvalue weighted by molar-refractivity contribution is -0.116. The lowest BCUT2D eigenvalue weighted by Gasteiger charge is -2.12. The maximum atomic E-state index is 13.1. The van der Waals surface area contributed by atoms with Gasteiger partial charge in [0.1, 0.15) is 5.82 Å². The molecule has 0 aliphatic rings. The lowest BCUT2D eigenvalue weighted by Crippen LogP contribution is -2.25. The number of carbonyl (C=O) groups is 1. The molecule has 0 saturated carbocycles. The number of amides is 1. The van der Waals surface area contributed by atoms with Crippen LogP contribution in [0.15, 0.2) is 58.5 Å². The third-order valence-corrected chi connectivity index (χ3v) is 6.07. The molecule has 3 rings (SSSR count). The van der Waals surface area contributed by atoms with E-state index in [2.05, 4.69) is 10.3 Å². The van der Waals surface area contributed by atoms with Crippen LogP contribution in [-0.2, 0) is 18.3 Å². The molecule has 162 valence electrons. The normalized spacial score (nSPS) is 10.8. The predicted molar refractivity (Wildman–Crippen MR) is 123 cm³/mol. The number of hydrogen-bond acceptors (Lipinski definition) is 4. The second-order valence-corrected chi connectivity index (χ2v) is 8.55. The fourth-order valence-electron chi connectivity index (χ4n) is 3.13. The maximum Gasteiger partial charge on any atom is 0.257 e. The average Bonchev–Trinajstić information content (AvgIpc) is 2.75. The number of nitrogens with one attached hydrogen (secondary N) is 1. The van der Waals surface area contributed by atoms with Crippen LogP contribution in [0, 0.1) is 19.7 Å². The predicted octanol–water partition coefficient (Wildman–Crippen LogP) is 4.64. The number of thioether (sulfide) groups is 1. The summed E-state index contributed by atoms with van der Waals surface area (Å²) in [6.07, 6.45) is 1.49. The first kappa shape index (κ1) is 22.7. The van der Waals surface area contributed by atoms with Gasteiger partial charge < -0.3 is 5.32 Å². The summed E-state index contributed by atoms with van der Waals surface area (Å²) >= 11 is 1.46. The van der Waals surface area contributed by atoms with Gasteiger partial charge in [0.25, 0.3) is 5.56 Å². The Labute approximate surface area is 185 Å². The second kappa shape index (κ2) is 10.4. The molecule has 0 radical (unpaired) electrons. The Hall–Kier alpha value is -2.93. The summed E-state index contributed by atoms with van der Waals surface area (Å²) in [5, 5.41) is 3.52. The molecule has 1 N–H and O–H groups in total. The lowest BCUT2D eigenvalue weighted by atomic mass is 10.1. The van der Waals surface area contributed by atoms with Crippen molar-refractivity contribution in [2.75, 3.05) is 11.1 Å². The summed E-state index contributed by atoms with van der Waals surface area (Å²) in [5.41, 5.74) is 3.98. The molecule has 0 fully saturated rings. The molecule has 0 unspecified atom stereocenters. The van der Waals surface area contributed by atoms with Crippen LogP contribution in [0.25, 0.3) is 0 Å². The number of aryl methyl sites for hydroxylation is 2. The number of carbonyl (C=O) groups excluding carboxylic acids is 1. The van der Waals surface area contributed by atoms with Gasteiger partial charge in [-0.25, -0.2) is 9.37 Å². The number of aromatic nitrogens is 2. The van der Waals surface area contributed by atoms with E-state index in [-0.39, 0.29) is 17.3 Å². The van der Waals surface area contributed by atoms with E-state index in [1.165, 1.54) is 23.9 Å². The first-order valence-electron chi connectivity index (χ1n) is 10.1. The third-order valence-electron chi connectivity index (χ3n) is 4.96. The standard InChI is InChI=1S/C24H26FN3O2S/c1-16-6-12-20(13-7-16)27-22(29)5-4-14-31-24-26-17(2)21(23(30)28(24)3)15-18-8-10-19(25)11-9-18/h6-13H,4-5,14-15H2,1-3H3,(H,27,29). The molecule has 0 saturated heterocycles. The average molecular weight is 440 g/mol. The Kier molecular flexibility index (Phi) is 7.63. The van der Waals surface area contributed by atoms with Crippen LogP contribution in [-0.4, -0.2) is 21.2 Å². The van der Waals surface area contributed by atoms with Crippen molar-refractivity contribution in [1.82, 2.24) is 9.55 Å². The Morgan fingerprint density at radius 3 is 2.45 bits per heavy atom. The van der Waals surface area contributed by atoms with E-state index in [1.54, 1.807) is 23.7 Å². The Bertz CT molecular complexity index is 1110. The van der Waals surface area contributed by atoms with E-state index in [0.717, 1.165) is 16.8 Å². The minimum absolute atomic E-state index is 0.0304. The summed E-state index contributed by atoms with van der Waals surface area (Å²) < 4.78 is 14.7. The van der Waals surface area contributed by atoms with Gasteiger partial charge in [0.05, 0.1) is 0 Å². The molecule has 31 heavy (non-hydrogen) atoms. The minimum atomic E-state index is -0.300. The number of benzene rings is 2. The van der Waals surface area contributed by atoms with E-state index >= 15 is 0 Å². The van der Waals surface area contributed by atoms with Gasteiger partial charge >= 0.3 is 0 Å². The van der Waals surface area contributed by atoms with Crippen LogP contribution in [0.5, 0.6) is 0 Å². The first-order valence-corrected chi connectivity index (χ1v) is 11.1. The first-order chi connectivity index (χ1) is 14.8. The quantitative estimate of drug-likeness (QED) is 0.316. The highest BCUT2D eigenvalue weighted by Gasteiger charge is 2.13. The van der Waals surface area contributed by atoms with E-state index < -0.39 is 0 Å². The van der Waals surface area contributed by atoms with Crippen LogP contribution in [0.1, 0.15) is 35.2 Å². The summed E-state index contributed by atoms with van der Waals surface area (Å²) in [5.74, 6) is 0.348. The smallest absolute Gasteiger partial charge is 0.257 e. The van der Waals surface area contributed by atoms with Gasteiger partial charge in [-0.15, -0.1) is 0 Å². The highest BCUT2D eigenvalue weighted by Crippen LogP contribution is 2.18. The largest absolute Gasteiger partial charge is 0.326 e. The summed E-state index contributed by atoms with van der Waals surface area (Å²) in [6, 6.07) is 13.8. The zero-order valence-electron chi connectivity index (χ0n) is 17.9. The van der Waals surface area contributed by atoms with Gasteiger partial charge in [0, 0.05) is 42.6 Å². The number of anilines is 1. The van der Waals surface area contributed by atoms with E-state index in [4.69, 9.17) is 0 Å². The zero-order valence-corrected chi connectivity index (χ0v) is 18.8. The van der Waals surface area contributed by atoms with Crippen molar-refractivity contribution in [3.8, 4) is 0 Å². The number of nitrogens with zero attached hydrogens (tertiary/aromatic N) is 2. The molecule has 1 aromatic heterocycles. The highest BCUT2D eigenvalue weighted by atomic mass is 32.2. The van der Waals surface area contributed by atoms with Gasteiger partial charge in [0.15, 0.2) is 5.16 Å². The molecule has 2 aromatic carbocycles. The van der Waals surface area contributed by atoms with Gasteiger partial charge in [-0.3, -0.25) is 14.2 Å². The zero-order chi connectivity index (χ0) is 22.4. The number of rotatable bonds is 8. The fourth-order valence-corrected chi connectivity index (χ4v) is 4.07. The molecule has 5 nitrogen and oxygen atoms in total. The summed E-state index contributed by atoms with van der Waals surface area (Å²) in [7, 11) is 1.70. The van der Waals surface area contributed by atoms with Crippen LogP contribution in [0.3, 0.4) is 0 Å². The molecular formula is C24H26FN3O2S. The Balaban J connectivity index is 1.55. The molecule has 0 aliphatic carbocycles. The minimum Gasteiger partial charge on any atom is -0.326 e. The van der Waals surface area contributed by atoms with Gasteiger partial charge in [-0.05, 0) is 50.1 Å². The van der Waals surface area contributed by atoms with Gasteiger partial charge in [-0.2, -0.15) is 0 Å². The fraction of sp³-hybridized carbons (Fsp3) is 0.292. The third kappa shape index (κ3) is 6.28. The molecule has 1 heterocycles. The van der Waals surface area contributed by atoms with Crippen LogP contribution in [0.2, 0.25) is 0 Å². The molecule has 0 spiro atoms. The van der Waals surface area contributed by atoms with Crippen molar-refractivity contribution >= 4 is 23.4 Å². The van der Waals surface area contributed by atoms with Crippen LogP contribution in [0.4, 0.5) is 10.1 Å². The van der Waals surface area contributed by atoms with Gasteiger partial charge in [0.2, 0.25) is 5.91 Å². The molecule has 0 aliphatic heterocycles. The van der Waals surface area contributed by atoms with Gasteiger partial charge in [-0.1, -0.05) is 41.6 Å². The van der Waals surface area contributed by atoms with Crippen molar-refractivity contribution in [3.63, 3.8) is 0 Å². The Morgan fingerprint density at radius 2 is 1.77 bits per heavy atom. The Morgan fingerprint density at radius 1 is 1.10 bits per heavy atom. The molecule has 0 atom stereocenters. The molecular weight excluding hydrogens is 413 g/mol. The second-order valence-electron chi connectivity index (χ2n) is 7.49. The molecule has 0 bridgehead atoms. The monoisotopic (exact) mass is 439 g/mol. The van der Waals surface area contributed by atoms with Crippen molar-refractivity contribution in [1.29, 1.82) is 0 Å². The summed E-state index contributed by atoms with van der Waals surface area (Å²) in [4.78, 5) is 29.5. The van der Waals surface area contributed by atoms with Crippen molar-refractivity contribution < 1.29 is 9.18 Å². The summed E-state index contributed by atoms with van der Waals surface area (Å²) in [6.45, 7) is 3.82. The van der Waals surface area contributed by atoms with E-state index in [0.29, 0.717) is 41.4 Å². The highest BCUT2D eigenvalue weighted by molar-refractivity contribution is 7.99. The topological polar surface area (TPSA) is 64.0 Å².